The first-order valence-electron chi connectivity index (χ1n) is 9.29. The average Bonchev–Trinajstić information content (AvgIpc) is 2.73. The minimum atomic E-state index is -0.992. The number of para-hydroxylation sites is 1. The van der Waals surface area contributed by atoms with Gasteiger partial charge in [0.25, 0.3) is 0 Å². The van der Waals surface area contributed by atoms with Gasteiger partial charge in [-0.05, 0) is 17.7 Å². The van der Waals surface area contributed by atoms with Gasteiger partial charge in [-0.1, -0.05) is 42.5 Å². The zero-order valence-corrected chi connectivity index (χ0v) is 16.0. The third kappa shape index (κ3) is 5.12. The highest BCUT2D eigenvalue weighted by atomic mass is 16.5. The number of hydrogen-bond acceptors (Lipinski definition) is 5. The van der Waals surface area contributed by atoms with Crippen molar-refractivity contribution in [3.05, 3.63) is 59.7 Å². The molecule has 0 aliphatic carbocycles. The normalized spacial score (nSPS) is 15.2. The summed E-state index contributed by atoms with van der Waals surface area (Å²) in [5, 5.41) is 9.69. The van der Waals surface area contributed by atoms with Crippen molar-refractivity contribution in [2.75, 3.05) is 46.6 Å². The van der Waals surface area contributed by atoms with Crippen molar-refractivity contribution < 1.29 is 24.1 Å². The molecule has 148 valence electrons. The number of ether oxygens (including phenoxy) is 3. The van der Waals surface area contributed by atoms with Crippen LogP contribution in [0.2, 0.25) is 0 Å². The van der Waals surface area contributed by atoms with E-state index in [4.69, 9.17) is 14.2 Å². The highest BCUT2D eigenvalue weighted by Gasteiger charge is 2.16. The molecule has 3 rings (SSSR count). The van der Waals surface area contributed by atoms with Crippen LogP contribution in [0.1, 0.15) is 11.1 Å². The molecule has 0 radical (unpaired) electrons. The Morgan fingerprint density at radius 1 is 1.14 bits per heavy atom. The lowest BCUT2D eigenvalue weighted by molar-refractivity contribution is -0.130. The fourth-order valence-corrected chi connectivity index (χ4v) is 3.11. The number of carbonyl (C=O) groups is 1. The van der Waals surface area contributed by atoms with Gasteiger partial charge < -0.3 is 19.3 Å². The molecule has 0 atom stereocenters. The summed E-state index contributed by atoms with van der Waals surface area (Å²) in [6.45, 7) is 4.51. The summed E-state index contributed by atoms with van der Waals surface area (Å²) in [5.41, 5.74) is 1.51. The number of carboxylic acids is 1. The number of aliphatic carboxylic acids is 1. The first-order chi connectivity index (χ1) is 13.7. The Bertz CT molecular complexity index is 813. The molecule has 2 aromatic rings. The van der Waals surface area contributed by atoms with E-state index >= 15 is 0 Å². The lowest BCUT2D eigenvalue weighted by Gasteiger charge is -2.26. The Hall–Kier alpha value is -2.83. The molecule has 0 unspecified atom stereocenters. The number of nitrogens with zero attached hydrogens (tertiary/aromatic N) is 1. The van der Waals surface area contributed by atoms with E-state index in [2.05, 4.69) is 4.90 Å². The third-order valence-electron chi connectivity index (χ3n) is 4.60. The first-order valence-corrected chi connectivity index (χ1v) is 9.29. The number of rotatable bonds is 8. The summed E-state index contributed by atoms with van der Waals surface area (Å²) >= 11 is 0. The molecule has 1 saturated heterocycles. The largest absolute Gasteiger partial charge is 0.493 e. The van der Waals surface area contributed by atoms with Gasteiger partial charge in [0.2, 0.25) is 0 Å². The molecule has 0 spiro atoms. The number of benzene rings is 2. The predicted molar refractivity (Wildman–Crippen MR) is 108 cm³/mol. The molecule has 0 bridgehead atoms. The smallest absolute Gasteiger partial charge is 0.336 e. The summed E-state index contributed by atoms with van der Waals surface area (Å²) in [5.74, 6) is 0.134. The third-order valence-corrected chi connectivity index (χ3v) is 4.60. The molecular formula is C22H25NO5. The van der Waals surface area contributed by atoms with Crippen LogP contribution in [-0.4, -0.2) is 62.5 Å². The standard InChI is InChI=1S/C22H25NO5/c1-26-20-9-5-8-18(16-19(22(24)25)17-6-3-2-4-7-17)21(20)28-15-12-23-10-13-27-14-11-23/h2-9,16H,10-15H2,1H3,(H,24,25)/b19-16-. The van der Waals surface area contributed by atoms with E-state index in [1.165, 1.54) is 0 Å². The van der Waals surface area contributed by atoms with Crippen LogP contribution in [0.25, 0.3) is 11.6 Å². The zero-order valence-electron chi connectivity index (χ0n) is 16.0. The molecule has 1 fully saturated rings. The lowest BCUT2D eigenvalue weighted by Crippen LogP contribution is -2.38. The van der Waals surface area contributed by atoms with Gasteiger partial charge in [0.15, 0.2) is 11.5 Å². The Kier molecular flexibility index (Phi) is 7.06. The van der Waals surface area contributed by atoms with Gasteiger partial charge in [-0.3, -0.25) is 4.90 Å². The molecule has 1 aliphatic heterocycles. The van der Waals surface area contributed by atoms with Gasteiger partial charge in [0, 0.05) is 25.2 Å². The fourth-order valence-electron chi connectivity index (χ4n) is 3.11. The van der Waals surface area contributed by atoms with Crippen LogP contribution in [-0.2, 0) is 9.53 Å². The molecule has 2 aromatic carbocycles. The molecule has 0 amide bonds. The molecule has 1 N–H and O–H groups in total. The van der Waals surface area contributed by atoms with Crippen LogP contribution in [0.4, 0.5) is 0 Å². The number of morpholine rings is 1. The highest BCUT2D eigenvalue weighted by molar-refractivity contribution is 6.20. The van der Waals surface area contributed by atoms with Crippen LogP contribution in [0.5, 0.6) is 11.5 Å². The van der Waals surface area contributed by atoms with Crippen molar-refractivity contribution in [2.45, 2.75) is 0 Å². The monoisotopic (exact) mass is 383 g/mol. The van der Waals surface area contributed by atoms with Crippen LogP contribution in [0.3, 0.4) is 0 Å². The summed E-state index contributed by atoms with van der Waals surface area (Å²) < 4.78 is 16.8. The number of methoxy groups -OCH3 is 1. The number of carboxylic acid groups (broad SMARTS) is 1. The van der Waals surface area contributed by atoms with Gasteiger partial charge in [-0.15, -0.1) is 0 Å². The molecule has 1 aliphatic rings. The van der Waals surface area contributed by atoms with E-state index < -0.39 is 5.97 Å². The van der Waals surface area contributed by atoms with E-state index in [1.807, 2.05) is 36.4 Å². The first kappa shape index (κ1) is 19.9. The Balaban J connectivity index is 1.84. The summed E-state index contributed by atoms with van der Waals surface area (Å²) in [6, 6.07) is 14.5. The van der Waals surface area contributed by atoms with E-state index in [-0.39, 0.29) is 5.57 Å². The Morgan fingerprint density at radius 2 is 1.89 bits per heavy atom. The van der Waals surface area contributed by atoms with Crippen LogP contribution in [0.15, 0.2) is 48.5 Å². The molecule has 6 nitrogen and oxygen atoms in total. The maximum atomic E-state index is 11.8. The molecule has 6 heteroatoms. The van der Waals surface area contributed by atoms with Crippen molar-refractivity contribution in [1.29, 1.82) is 0 Å². The van der Waals surface area contributed by atoms with E-state index in [1.54, 1.807) is 25.3 Å². The second kappa shape index (κ2) is 9.92. The van der Waals surface area contributed by atoms with Crippen LogP contribution in [0, 0.1) is 0 Å². The second-order valence-electron chi connectivity index (χ2n) is 6.41. The van der Waals surface area contributed by atoms with E-state index in [0.717, 1.165) is 32.8 Å². The molecule has 0 saturated carbocycles. The van der Waals surface area contributed by atoms with E-state index in [0.29, 0.717) is 29.2 Å². The molecule has 0 aromatic heterocycles. The van der Waals surface area contributed by atoms with Crippen LogP contribution >= 0.6 is 0 Å². The molecule has 1 heterocycles. The molecule has 28 heavy (non-hydrogen) atoms. The van der Waals surface area contributed by atoms with Crippen molar-refractivity contribution in [3.8, 4) is 11.5 Å². The lowest BCUT2D eigenvalue weighted by atomic mass is 10.0. The van der Waals surface area contributed by atoms with Crippen molar-refractivity contribution >= 4 is 17.6 Å². The van der Waals surface area contributed by atoms with Gasteiger partial charge in [-0.25, -0.2) is 4.79 Å². The molecular weight excluding hydrogens is 358 g/mol. The van der Waals surface area contributed by atoms with Gasteiger partial charge in [0.05, 0.1) is 25.9 Å². The average molecular weight is 383 g/mol. The maximum absolute atomic E-state index is 11.8. The van der Waals surface area contributed by atoms with Crippen molar-refractivity contribution in [3.63, 3.8) is 0 Å². The van der Waals surface area contributed by atoms with Crippen molar-refractivity contribution in [2.24, 2.45) is 0 Å². The summed E-state index contributed by atoms with van der Waals surface area (Å²) in [6.07, 6.45) is 1.63. The fraction of sp³-hybridized carbons (Fsp3) is 0.318. The Labute approximate surface area is 164 Å². The predicted octanol–water partition coefficient (Wildman–Crippen LogP) is 3.03. The highest BCUT2D eigenvalue weighted by Crippen LogP contribution is 2.34. The summed E-state index contributed by atoms with van der Waals surface area (Å²) in [7, 11) is 1.58. The minimum absolute atomic E-state index is 0.201. The van der Waals surface area contributed by atoms with Crippen LogP contribution < -0.4 is 9.47 Å². The van der Waals surface area contributed by atoms with E-state index in [9.17, 15) is 9.90 Å². The zero-order chi connectivity index (χ0) is 19.8. The Morgan fingerprint density at radius 3 is 2.57 bits per heavy atom. The topological polar surface area (TPSA) is 68.2 Å². The second-order valence-corrected chi connectivity index (χ2v) is 6.41. The quantitative estimate of drug-likeness (QED) is 0.558. The SMILES string of the molecule is COc1cccc(/C=C(\C(=O)O)c2ccccc2)c1OCCN1CCOCC1. The maximum Gasteiger partial charge on any atom is 0.336 e. The van der Waals surface area contributed by atoms with Gasteiger partial charge >= 0.3 is 5.97 Å². The van der Waals surface area contributed by atoms with Gasteiger partial charge in [-0.2, -0.15) is 0 Å². The van der Waals surface area contributed by atoms with Crippen molar-refractivity contribution in [1.82, 2.24) is 4.90 Å². The minimum Gasteiger partial charge on any atom is -0.493 e. The summed E-state index contributed by atoms with van der Waals surface area (Å²) in [4.78, 5) is 14.1. The van der Waals surface area contributed by atoms with Gasteiger partial charge in [0.1, 0.15) is 6.61 Å². The number of hydrogen-bond donors (Lipinski definition) is 1.